The predicted octanol–water partition coefficient (Wildman–Crippen LogP) is 0.889. The Bertz CT molecular complexity index is 339. The molecule has 0 saturated carbocycles. The summed E-state index contributed by atoms with van der Waals surface area (Å²) in [5.74, 6) is 4.49. The van der Waals surface area contributed by atoms with E-state index in [9.17, 15) is 4.39 Å². The second kappa shape index (κ2) is 4.06. The first-order valence-electron chi connectivity index (χ1n) is 3.39. The number of nitrogens with zero attached hydrogens (tertiary/aromatic N) is 1. The number of nitrogens with one attached hydrogen (secondary N) is 1. The Labute approximate surface area is 79.4 Å². The molecule has 1 rings (SSSR count). The first-order chi connectivity index (χ1) is 6.13. The van der Waals surface area contributed by atoms with Crippen LogP contribution in [0.4, 0.5) is 10.1 Å². The van der Waals surface area contributed by atoms with Crippen molar-refractivity contribution < 1.29 is 4.39 Å². The Kier molecular flexibility index (Phi) is 3.05. The highest BCUT2D eigenvalue weighted by molar-refractivity contribution is 6.33. The van der Waals surface area contributed by atoms with Crippen molar-refractivity contribution >= 4 is 23.2 Å². The standard InChI is InChI=1S/C7H8ClFN4/c8-5-2-1-4(9)3-6(5)12-7(10)13-11/h1-3H,11H2,(H3,10,12,13). The number of guanidine groups is 1. The molecule has 0 spiro atoms. The van der Waals surface area contributed by atoms with Crippen LogP contribution in [0.2, 0.25) is 5.02 Å². The van der Waals surface area contributed by atoms with Gasteiger partial charge in [-0.15, -0.1) is 0 Å². The molecule has 0 aliphatic rings. The molecule has 0 bridgehead atoms. The zero-order valence-corrected chi connectivity index (χ0v) is 7.35. The van der Waals surface area contributed by atoms with Crippen LogP contribution in [0.15, 0.2) is 23.2 Å². The minimum Gasteiger partial charge on any atom is -0.369 e. The molecule has 13 heavy (non-hydrogen) atoms. The number of nitrogens with two attached hydrogens (primary N) is 2. The van der Waals surface area contributed by atoms with Crippen molar-refractivity contribution in [1.29, 1.82) is 0 Å². The maximum absolute atomic E-state index is 12.7. The summed E-state index contributed by atoms with van der Waals surface area (Å²) in [6.45, 7) is 0. The van der Waals surface area contributed by atoms with Gasteiger partial charge in [0.25, 0.3) is 0 Å². The Morgan fingerprint density at radius 2 is 2.23 bits per heavy atom. The van der Waals surface area contributed by atoms with Gasteiger partial charge in [0.2, 0.25) is 5.96 Å². The molecule has 1 aromatic rings. The van der Waals surface area contributed by atoms with Crippen molar-refractivity contribution in [3.63, 3.8) is 0 Å². The van der Waals surface area contributed by atoms with Gasteiger partial charge in [-0.3, -0.25) is 5.43 Å². The Hall–Kier alpha value is -1.33. The smallest absolute Gasteiger partial charge is 0.208 e. The second-order valence-electron chi connectivity index (χ2n) is 2.24. The molecular weight excluding hydrogens is 195 g/mol. The lowest BCUT2D eigenvalue weighted by Crippen LogP contribution is -2.36. The van der Waals surface area contributed by atoms with Crippen molar-refractivity contribution in [3.05, 3.63) is 29.0 Å². The zero-order valence-electron chi connectivity index (χ0n) is 6.59. The molecule has 0 aliphatic carbocycles. The molecule has 0 heterocycles. The van der Waals surface area contributed by atoms with E-state index in [1.54, 1.807) is 0 Å². The van der Waals surface area contributed by atoms with Crippen LogP contribution < -0.4 is 17.0 Å². The Morgan fingerprint density at radius 1 is 1.54 bits per heavy atom. The van der Waals surface area contributed by atoms with Crippen LogP contribution in [-0.4, -0.2) is 5.96 Å². The molecule has 4 nitrogen and oxygen atoms in total. The Balaban J connectivity index is 3.07. The van der Waals surface area contributed by atoms with Crippen LogP contribution in [-0.2, 0) is 0 Å². The molecule has 0 radical (unpaired) electrons. The molecule has 0 aliphatic heterocycles. The number of benzene rings is 1. The maximum Gasteiger partial charge on any atom is 0.208 e. The molecule has 0 unspecified atom stereocenters. The summed E-state index contributed by atoms with van der Waals surface area (Å²) in [6, 6.07) is 3.78. The summed E-state index contributed by atoms with van der Waals surface area (Å²) in [5, 5.41) is 0.305. The van der Waals surface area contributed by atoms with Crippen LogP contribution >= 0.6 is 11.6 Å². The van der Waals surface area contributed by atoms with Crippen LogP contribution in [0.3, 0.4) is 0 Å². The highest BCUT2D eigenvalue weighted by Crippen LogP contribution is 2.24. The molecule has 0 amide bonds. The van der Waals surface area contributed by atoms with E-state index in [4.69, 9.17) is 23.2 Å². The maximum atomic E-state index is 12.7. The Morgan fingerprint density at radius 3 is 2.85 bits per heavy atom. The minimum absolute atomic E-state index is 0.0347. The number of aliphatic imine (C=N–C) groups is 1. The van der Waals surface area contributed by atoms with Gasteiger partial charge in [0.15, 0.2) is 0 Å². The van der Waals surface area contributed by atoms with Gasteiger partial charge in [-0.1, -0.05) is 11.6 Å². The predicted molar refractivity (Wildman–Crippen MR) is 50.0 cm³/mol. The van der Waals surface area contributed by atoms with Gasteiger partial charge in [-0.05, 0) is 12.1 Å². The van der Waals surface area contributed by atoms with Crippen LogP contribution in [0.1, 0.15) is 0 Å². The van der Waals surface area contributed by atoms with E-state index in [-0.39, 0.29) is 11.6 Å². The third-order valence-corrected chi connectivity index (χ3v) is 1.62. The number of hydrazine groups is 1. The molecule has 1 aromatic carbocycles. The highest BCUT2D eigenvalue weighted by atomic mass is 35.5. The number of hydrogen-bond donors (Lipinski definition) is 3. The highest BCUT2D eigenvalue weighted by Gasteiger charge is 2.00. The average molecular weight is 203 g/mol. The lowest BCUT2D eigenvalue weighted by Gasteiger charge is -2.00. The summed E-state index contributed by atoms with van der Waals surface area (Å²) in [6.07, 6.45) is 0. The summed E-state index contributed by atoms with van der Waals surface area (Å²) in [7, 11) is 0. The topological polar surface area (TPSA) is 76.4 Å². The molecule has 0 saturated heterocycles. The second-order valence-corrected chi connectivity index (χ2v) is 2.64. The van der Waals surface area contributed by atoms with E-state index < -0.39 is 5.82 Å². The first kappa shape index (κ1) is 9.76. The fraction of sp³-hybridized carbons (Fsp3) is 0. The van der Waals surface area contributed by atoms with Gasteiger partial charge in [-0.25, -0.2) is 15.2 Å². The van der Waals surface area contributed by atoms with Gasteiger partial charge < -0.3 is 5.73 Å². The third kappa shape index (κ3) is 2.57. The van der Waals surface area contributed by atoms with Gasteiger partial charge in [0, 0.05) is 6.07 Å². The van der Waals surface area contributed by atoms with Gasteiger partial charge in [0.1, 0.15) is 5.82 Å². The van der Waals surface area contributed by atoms with E-state index in [0.717, 1.165) is 6.07 Å². The quantitative estimate of drug-likeness (QED) is 0.274. The van der Waals surface area contributed by atoms with E-state index in [1.165, 1.54) is 12.1 Å². The molecule has 0 fully saturated rings. The monoisotopic (exact) mass is 202 g/mol. The summed E-state index contributed by atoms with van der Waals surface area (Å²) < 4.78 is 12.7. The minimum atomic E-state index is -0.437. The zero-order chi connectivity index (χ0) is 9.84. The average Bonchev–Trinajstić information content (AvgIpc) is 2.11. The summed E-state index contributed by atoms with van der Waals surface area (Å²) in [5.41, 5.74) is 7.60. The lowest BCUT2D eigenvalue weighted by atomic mass is 10.3. The molecule has 0 atom stereocenters. The fourth-order valence-electron chi connectivity index (χ4n) is 0.734. The number of halogens is 2. The largest absolute Gasteiger partial charge is 0.369 e. The van der Waals surface area contributed by atoms with Crippen LogP contribution in [0, 0.1) is 5.82 Å². The normalized spacial score (nSPS) is 11.5. The SMILES string of the molecule is NNC(N)=Nc1cc(F)ccc1Cl. The van der Waals surface area contributed by atoms with Crippen molar-refractivity contribution in [2.45, 2.75) is 0 Å². The molecule has 70 valence electrons. The van der Waals surface area contributed by atoms with Crippen molar-refractivity contribution in [2.75, 3.05) is 0 Å². The van der Waals surface area contributed by atoms with Gasteiger partial charge in [0.05, 0.1) is 10.7 Å². The van der Waals surface area contributed by atoms with E-state index in [1.807, 2.05) is 0 Å². The molecule has 5 N–H and O–H groups in total. The molecule has 0 aromatic heterocycles. The number of hydrogen-bond acceptors (Lipinski definition) is 2. The fourth-order valence-corrected chi connectivity index (χ4v) is 0.893. The first-order valence-corrected chi connectivity index (χ1v) is 3.77. The lowest BCUT2D eigenvalue weighted by molar-refractivity contribution is 0.628. The van der Waals surface area contributed by atoms with Crippen molar-refractivity contribution in [1.82, 2.24) is 5.43 Å². The van der Waals surface area contributed by atoms with Crippen molar-refractivity contribution in [3.8, 4) is 0 Å². The van der Waals surface area contributed by atoms with Gasteiger partial charge >= 0.3 is 0 Å². The third-order valence-electron chi connectivity index (χ3n) is 1.30. The van der Waals surface area contributed by atoms with Crippen molar-refractivity contribution in [2.24, 2.45) is 16.6 Å². The van der Waals surface area contributed by atoms with E-state index >= 15 is 0 Å². The van der Waals surface area contributed by atoms with Gasteiger partial charge in [-0.2, -0.15) is 0 Å². The summed E-state index contributed by atoms with van der Waals surface area (Å²) in [4.78, 5) is 3.72. The van der Waals surface area contributed by atoms with Crippen LogP contribution in [0.5, 0.6) is 0 Å². The summed E-state index contributed by atoms with van der Waals surface area (Å²) >= 11 is 5.70. The molecule has 6 heteroatoms. The van der Waals surface area contributed by atoms with Crippen LogP contribution in [0.25, 0.3) is 0 Å². The van der Waals surface area contributed by atoms with E-state index in [0.29, 0.717) is 5.02 Å². The number of rotatable bonds is 1. The van der Waals surface area contributed by atoms with E-state index in [2.05, 4.69) is 10.4 Å². The molecular formula is C7H8ClFN4.